The van der Waals surface area contributed by atoms with Crippen molar-refractivity contribution < 1.29 is 9.90 Å². The van der Waals surface area contributed by atoms with Crippen LogP contribution in [0.5, 0.6) is 0 Å². The predicted octanol–water partition coefficient (Wildman–Crippen LogP) is 9.95. The van der Waals surface area contributed by atoms with Crippen LogP contribution in [0.15, 0.2) is 61.9 Å². The number of carboxylic acid groups (broad SMARTS) is 1. The highest BCUT2D eigenvalue weighted by Crippen LogP contribution is 2.38. The number of hydrogen-bond donors (Lipinski definition) is 2. The van der Waals surface area contributed by atoms with E-state index in [9.17, 15) is 4.79 Å². The molecule has 0 saturated heterocycles. The number of hydrogen-bond acceptors (Lipinski definition) is 4. The Morgan fingerprint density at radius 1 is 0.780 bits per heavy atom. The molecular weight excluding hydrogens is 730 g/mol. The Hall–Kier alpha value is -3.29. The Morgan fingerprint density at radius 3 is 2.07 bits per heavy atom. The zero-order chi connectivity index (χ0) is 28.5. The number of carboxylic acids is 1. The quantitative estimate of drug-likeness (QED) is 0.139. The van der Waals surface area contributed by atoms with Gasteiger partial charge in [-0.2, -0.15) is 0 Å². The summed E-state index contributed by atoms with van der Waals surface area (Å²) in [4.78, 5) is 24.0. The number of rotatable bonds is 4. The van der Waals surface area contributed by atoms with Gasteiger partial charge in [-0.1, -0.05) is 24.0 Å². The van der Waals surface area contributed by atoms with Gasteiger partial charge >= 0.3 is 5.97 Å². The summed E-state index contributed by atoms with van der Waals surface area (Å²) in [5.74, 6) is 5.44. The summed E-state index contributed by atoms with van der Waals surface area (Å²) in [5, 5.41) is 8.81. The number of nitrogens with one attached hydrogen (secondary N) is 1. The minimum absolute atomic E-state index is 0.135. The third-order valence-corrected chi connectivity index (χ3v) is 10.4. The summed E-state index contributed by atoms with van der Waals surface area (Å²) in [6.07, 6.45) is 9.21. The summed E-state index contributed by atoms with van der Waals surface area (Å²) in [7, 11) is 0. The third-order valence-electron chi connectivity index (χ3n) is 6.54. The molecule has 9 heteroatoms. The molecule has 0 radical (unpaired) electrons. The van der Waals surface area contributed by atoms with Crippen LogP contribution in [0.2, 0.25) is 0 Å². The van der Waals surface area contributed by atoms with Crippen LogP contribution >= 0.6 is 59.1 Å². The second-order valence-electron chi connectivity index (χ2n) is 9.32. The van der Waals surface area contributed by atoms with Gasteiger partial charge in [0.2, 0.25) is 0 Å². The van der Waals surface area contributed by atoms with Crippen LogP contribution in [0.1, 0.15) is 47.6 Å². The van der Waals surface area contributed by atoms with Crippen LogP contribution in [-0.2, 0) is 4.79 Å². The zero-order valence-electron chi connectivity index (χ0n) is 21.3. The molecule has 3 aromatic heterocycles. The normalized spacial score (nSPS) is 11.9. The van der Waals surface area contributed by atoms with Crippen molar-refractivity contribution in [3.05, 3.63) is 90.3 Å². The number of unbranched alkanes of at least 4 members (excludes halogenated alkanes) is 1. The molecule has 2 N–H and O–H groups in total. The lowest BCUT2D eigenvalue weighted by Crippen LogP contribution is -1.92. The number of aromatic nitrogens is 3. The maximum absolute atomic E-state index is 10.7. The first kappa shape index (κ1) is 27.9. The first-order valence-electron chi connectivity index (χ1n) is 12.7. The molecule has 4 aromatic rings. The molecule has 0 amide bonds. The van der Waals surface area contributed by atoms with Crippen molar-refractivity contribution in [2.24, 2.45) is 0 Å². The Bertz CT molecular complexity index is 1890. The van der Waals surface area contributed by atoms with E-state index in [1.807, 2.05) is 36.4 Å². The molecule has 1 aromatic carbocycles. The first-order valence-corrected chi connectivity index (χ1v) is 15.9. The third kappa shape index (κ3) is 5.88. The second-order valence-corrected chi connectivity index (χ2v) is 12.8. The highest BCUT2D eigenvalue weighted by Gasteiger charge is 2.14. The lowest BCUT2D eigenvalue weighted by molar-refractivity contribution is -0.137. The van der Waals surface area contributed by atoms with Gasteiger partial charge in [-0.3, -0.25) is 4.79 Å². The van der Waals surface area contributed by atoms with Gasteiger partial charge in [0.05, 0.1) is 41.7 Å². The van der Waals surface area contributed by atoms with E-state index in [-0.39, 0.29) is 6.42 Å². The molecular formula is C32H20Br3N3O2S. The van der Waals surface area contributed by atoms with E-state index in [4.69, 9.17) is 15.1 Å². The van der Waals surface area contributed by atoms with Gasteiger partial charge < -0.3 is 10.1 Å². The number of H-pyrrole nitrogens is 1. The molecule has 2 aliphatic rings. The number of thiophene rings is 1. The van der Waals surface area contributed by atoms with Crippen LogP contribution in [0.25, 0.3) is 55.9 Å². The summed E-state index contributed by atoms with van der Waals surface area (Å²) in [6, 6.07) is 16.6. The van der Waals surface area contributed by atoms with Gasteiger partial charge in [-0.15, -0.1) is 11.3 Å². The van der Waals surface area contributed by atoms with Crippen molar-refractivity contribution >= 4 is 110 Å². The van der Waals surface area contributed by atoms with E-state index < -0.39 is 5.97 Å². The van der Waals surface area contributed by atoms with Crippen LogP contribution < -0.4 is 0 Å². The minimum atomic E-state index is -0.793. The molecule has 5 heterocycles. The highest BCUT2D eigenvalue weighted by molar-refractivity contribution is 9.11. The van der Waals surface area contributed by atoms with E-state index in [0.717, 1.165) is 73.3 Å². The smallest absolute Gasteiger partial charge is 0.303 e. The number of halogens is 3. The van der Waals surface area contributed by atoms with Gasteiger partial charge in [0.1, 0.15) is 0 Å². The van der Waals surface area contributed by atoms with Crippen molar-refractivity contribution in [1.29, 1.82) is 0 Å². The van der Waals surface area contributed by atoms with Gasteiger partial charge in [0.25, 0.3) is 0 Å². The Labute approximate surface area is 265 Å². The number of aromatic amines is 1. The largest absolute Gasteiger partial charge is 0.481 e. The predicted molar refractivity (Wildman–Crippen MR) is 179 cm³/mol. The number of fused-ring (bicyclic) bond motifs is 8. The van der Waals surface area contributed by atoms with Crippen LogP contribution in [-0.4, -0.2) is 26.0 Å². The highest BCUT2D eigenvalue weighted by atomic mass is 79.9. The minimum Gasteiger partial charge on any atom is -0.481 e. The van der Waals surface area contributed by atoms with E-state index in [0.29, 0.717) is 12.8 Å². The fourth-order valence-electron chi connectivity index (χ4n) is 4.51. The maximum atomic E-state index is 10.7. The molecule has 41 heavy (non-hydrogen) atoms. The Kier molecular flexibility index (Phi) is 8.09. The molecule has 8 bridgehead atoms. The molecule has 5 nitrogen and oxygen atoms in total. The first-order chi connectivity index (χ1) is 19.9. The number of benzene rings is 1. The molecule has 0 saturated carbocycles. The van der Waals surface area contributed by atoms with Gasteiger partial charge in [-0.25, -0.2) is 9.97 Å². The summed E-state index contributed by atoms with van der Waals surface area (Å²) < 4.78 is 4.82. The topological polar surface area (TPSA) is 78.9 Å². The summed E-state index contributed by atoms with van der Waals surface area (Å²) >= 11 is 13.0. The molecule has 0 spiro atoms. The number of aliphatic carboxylic acids is 1. The Morgan fingerprint density at radius 2 is 1.39 bits per heavy atom. The lowest BCUT2D eigenvalue weighted by Gasteiger charge is -2.03. The Balaban J connectivity index is 1.54. The zero-order valence-corrected chi connectivity index (χ0v) is 26.9. The average molecular weight is 750 g/mol. The number of nitrogens with zero attached hydrogens (tertiary/aromatic N) is 2. The van der Waals surface area contributed by atoms with Crippen molar-refractivity contribution in [2.45, 2.75) is 19.3 Å². The van der Waals surface area contributed by atoms with E-state index >= 15 is 0 Å². The van der Waals surface area contributed by atoms with Gasteiger partial charge in [-0.05, 0) is 120 Å². The molecule has 6 rings (SSSR count). The van der Waals surface area contributed by atoms with E-state index in [2.05, 4.69) is 101 Å². The lowest BCUT2D eigenvalue weighted by atomic mass is 10.0. The standard InChI is InChI=1S/C32H20Br3N3O2S/c33-30-21-11-10-20(36-21)29(19-8-6-18(7-9-19)4-2-1-3-5-28(39)40)26-16-17-27(41-26)32(35)25-15-14-24(38-25)31(34)23-13-12-22(30)37-23/h6-17,36H,1,3,5H2,(H,39,40). The molecule has 0 fully saturated rings. The van der Waals surface area contributed by atoms with Crippen molar-refractivity contribution in [2.75, 3.05) is 0 Å². The molecule has 0 atom stereocenters. The molecule has 202 valence electrons. The van der Waals surface area contributed by atoms with E-state index in [1.165, 1.54) is 0 Å². The molecule has 2 aliphatic heterocycles. The van der Waals surface area contributed by atoms with Crippen LogP contribution in [0.3, 0.4) is 0 Å². The van der Waals surface area contributed by atoms with Crippen LogP contribution in [0, 0.1) is 11.8 Å². The molecule has 0 aliphatic carbocycles. The number of carbonyl (C=O) groups is 1. The van der Waals surface area contributed by atoms with Crippen LogP contribution in [0.4, 0.5) is 0 Å². The summed E-state index contributed by atoms with van der Waals surface area (Å²) in [6.45, 7) is 0. The maximum Gasteiger partial charge on any atom is 0.303 e. The van der Waals surface area contributed by atoms with Gasteiger partial charge in [0.15, 0.2) is 0 Å². The van der Waals surface area contributed by atoms with Crippen molar-refractivity contribution in [1.82, 2.24) is 15.0 Å². The fourth-order valence-corrected chi connectivity index (χ4v) is 7.03. The van der Waals surface area contributed by atoms with Crippen molar-refractivity contribution in [3.63, 3.8) is 0 Å². The second kappa shape index (κ2) is 11.9. The average Bonchev–Trinajstić information content (AvgIpc) is 3.79. The van der Waals surface area contributed by atoms with E-state index in [1.54, 1.807) is 11.3 Å². The van der Waals surface area contributed by atoms with Gasteiger partial charge in [0, 0.05) is 38.9 Å². The fraction of sp³-hybridized carbons (Fsp3) is 0.0938. The molecule has 0 unspecified atom stereocenters. The SMILES string of the molecule is O=C(O)CCCC#Cc1ccc(-c2c3ccc([nH]3)c(Br)c3nc(c(Br)c4nc(c(Br)c5ccc2s5)C=C4)C=C3)cc1. The monoisotopic (exact) mass is 747 g/mol. The summed E-state index contributed by atoms with van der Waals surface area (Å²) in [5.41, 5.74) is 8.23. The van der Waals surface area contributed by atoms with Crippen molar-refractivity contribution in [3.8, 4) is 23.0 Å².